The zero-order valence-corrected chi connectivity index (χ0v) is 34.0. The van der Waals surface area contributed by atoms with E-state index < -0.39 is 0 Å². The molecule has 2 aromatic heterocycles. The summed E-state index contributed by atoms with van der Waals surface area (Å²) in [5.74, 6) is 2.32. The maximum absolute atomic E-state index is 6.58. The van der Waals surface area contributed by atoms with Crippen LogP contribution in [0.3, 0.4) is 0 Å². The lowest BCUT2D eigenvalue weighted by molar-refractivity contribution is 0.477. The summed E-state index contributed by atoms with van der Waals surface area (Å²) in [6, 6.07) is 77.3. The van der Waals surface area contributed by atoms with Crippen molar-refractivity contribution < 1.29 is 4.74 Å². The number of anilines is 3. The number of para-hydroxylation sites is 5. The topological polar surface area (TPSA) is 43.2 Å². The third kappa shape index (κ3) is 5.57. The highest BCUT2D eigenvalue weighted by atomic mass is 16.5. The standard InChI is InChI=1S/C58H36N4O/c1-2-19-41(20-3-1)61-50-29-10-11-30-53(50)63-54-34-32-39(36-52(54)61)45-25-14-27-48-55-44-23-7-5-16-38(44)31-33-51(55)62(57(45)48)42-21-12-18-40(35-42)58-59-49-28-9-8-24-47(49)56(60-58)46-26-13-17-37-15-4-6-22-43(37)46/h1-36H. The van der Waals surface area contributed by atoms with Crippen LogP contribution < -0.4 is 9.64 Å². The molecule has 0 saturated heterocycles. The van der Waals surface area contributed by atoms with E-state index >= 15 is 0 Å². The fraction of sp³-hybridized carbons (Fsp3) is 0. The minimum atomic E-state index is 0.681. The molecule has 0 atom stereocenters. The highest BCUT2D eigenvalue weighted by Crippen LogP contribution is 2.52. The van der Waals surface area contributed by atoms with Gasteiger partial charge in [-0.2, -0.15) is 0 Å². The van der Waals surface area contributed by atoms with E-state index in [0.717, 1.165) is 84.1 Å². The van der Waals surface area contributed by atoms with Gasteiger partial charge in [0.25, 0.3) is 0 Å². The van der Waals surface area contributed by atoms with E-state index in [1.807, 2.05) is 12.1 Å². The summed E-state index contributed by atoms with van der Waals surface area (Å²) in [4.78, 5) is 12.9. The van der Waals surface area contributed by atoms with E-state index in [4.69, 9.17) is 14.7 Å². The summed E-state index contributed by atoms with van der Waals surface area (Å²) < 4.78 is 9.01. The molecule has 0 fully saturated rings. The molecular formula is C58H36N4O. The van der Waals surface area contributed by atoms with Crippen molar-refractivity contribution in [1.82, 2.24) is 14.5 Å². The van der Waals surface area contributed by atoms with Gasteiger partial charge in [0, 0.05) is 44.2 Å². The average Bonchev–Trinajstić information content (AvgIpc) is 3.70. The molecule has 0 spiro atoms. The summed E-state index contributed by atoms with van der Waals surface area (Å²) in [5, 5.41) is 8.20. The number of ether oxygens (including phenoxy) is 1. The number of aromatic nitrogens is 3. The van der Waals surface area contributed by atoms with E-state index in [0.29, 0.717) is 5.82 Å². The van der Waals surface area contributed by atoms with Crippen LogP contribution in [0.1, 0.15) is 0 Å². The second-order valence-corrected chi connectivity index (χ2v) is 16.1. The van der Waals surface area contributed by atoms with E-state index in [-0.39, 0.29) is 0 Å². The third-order valence-electron chi connectivity index (χ3n) is 12.5. The maximum atomic E-state index is 6.58. The average molecular weight is 805 g/mol. The maximum Gasteiger partial charge on any atom is 0.160 e. The van der Waals surface area contributed by atoms with Crippen LogP contribution in [0.25, 0.3) is 93.7 Å². The van der Waals surface area contributed by atoms with Crippen LogP contribution in [-0.2, 0) is 0 Å². The van der Waals surface area contributed by atoms with Crippen LogP contribution in [-0.4, -0.2) is 14.5 Å². The van der Waals surface area contributed by atoms with Crippen LogP contribution in [0.4, 0.5) is 17.1 Å². The molecule has 0 radical (unpaired) electrons. The Bertz CT molecular complexity index is 3790. The van der Waals surface area contributed by atoms with Crippen molar-refractivity contribution in [2.45, 2.75) is 0 Å². The minimum Gasteiger partial charge on any atom is -0.453 e. The summed E-state index contributed by atoms with van der Waals surface area (Å²) in [5.41, 5.74) is 12.4. The normalized spacial score (nSPS) is 12.2. The Morgan fingerprint density at radius 1 is 0.397 bits per heavy atom. The molecule has 0 amide bonds. The van der Waals surface area contributed by atoms with Crippen molar-refractivity contribution in [2.75, 3.05) is 4.90 Å². The molecule has 0 bridgehead atoms. The SMILES string of the molecule is c1ccc(N2c3ccccc3Oc3ccc(-c4cccc5c6c7ccccc7ccc6n(-c6cccc(-c7nc(-c8cccc9ccccc89)c8ccccc8n7)c6)c45)cc32)cc1. The first-order valence-corrected chi connectivity index (χ1v) is 21.3. The molecule has 3 heterocycles. The molecule has 0 N–H and O–H groups in total. The van der Waals surface area contributed by atoms with Gasteiger partial charge in [-0.25, -0.2) is 9.97 Å². The van der Waals surface area contributed by atoms with Crippen molar-refractivity contribution in [2.24, 2.45) is 0 Å². The number of hydrogen-bond donors (Lipinski definition) is 0. The Morgan fingerprint density at radius 2 is 1.06 bits per heavy atom. The Balaban J connectivity index is 1.04. The molecular weight excluding hydrogens is 769 g/mol. The van der Waals surface area contributed by atoms with Crippen molar-refractivity contribution in [3.8, 4) is 51.0 Å². The molecule has 1 aliphatic rings. The van der Waals surface area contributed by atoms with Gasteiger partial charge in [0.1, 0.15) is 0 Å². The predicted octanol–water partition coefficient (Wildman–Crippen LogP) is 15.6. The quantitative estimate of drug-likeness (QED) is 0.174. The van der Waals surface area contributed by atoms with Gasteiger partial charge in [-0.05, 0) is 87.8 Å². The first-order chi connectivity index (χ1) is 31.2. The smallest absolute Gasteiger partial charge is 0.160 e. The number of fused-ring (bicyclic) bond motifs is 9. The van der Waals surface area contributed by atoms with Gasteiger partial charge in [0.05, 0.1) is 33.6 Å². The Morgan fingerprint density at radius 3 is 1.97 bits per heavy atom. The molecule has 1 aliphatic heterocycles. The largest absolute Gasteiger partial charge is 0.453 e. The van der Waals surface area contributed by atoms with Gasteiger partial charge in [0.15, 0.2) is 17.3 Å². The number of benzene rings is 10. The van der Waals surface area contributed by atoms with Crippen LogP contribution in [0.15, 0.2) is 218 Å². The number of nitrogens with zero attached hydrogens (tertiary/aromatic N) is 4. The summed E-state index contributed by atoms with van der Waals surface area (Å²) in [6.07, 6.45) is 0. The molecule has 13 rings (SSSR count). The van der Waals surface area contributed by atoms with Crippen LogP contribution in [0.2, 0.25) is 0 Å². The summed E-state index contributed by atoms with van der Waals surface area (Å²) >= 11 is 0. The van der Waals surface area contributed by atoms with E-state index in [1.165, 1.54) is 32.3 Å². The molecule has 5 heteroatoms. The molecule has 0 aliphatic carbocycles. The molecule has 12 aromatic rings. The Hall–Kier alpha value is -8.54. The van der Waals surface area contributed by atoms with Gasteiger partial charge in [-0.1, -0.05) is 158 Å². The Kier molecular flexibility index (Phi) is 7.84. The van der Waals surface area contributed by atoms with Crippen molar-refractivity contribution in [3.05, 3.63) is 218 Å². The third-order valence-corrected chi connectivity index (χ3v) is 12.5. The molecule has 0 saturated carbocycles. The molecule has 5 nitrogen and oxygen atoms in total. The van der Waals surface area contributed by atoms with Crippen LogP contribution in [0, 0.1) is 0 Å². The lowest BCUT2D eigenvalue weighted by atomic mass is 9.98. The summed E-state index contributed by atoms with van der Waals surface area (Å²) in [7, 11) is 0. The lowest BCUT2D eigenvalue weighted by Crippen LogP contribution is -2.15. The first kappa shape index (κ1) is 35.2. The fourth-order valence-electron chi connectivity index (χ4n) is 9.74. The number of rotatable bonds is 5. The van der Waals surface area contributed by atoms with Gasteiger partial charge in [-0.3, -0.25) is 0 Å². The first-order valence-electron chi connectivity index (χ1n) is 21.3. The van der Waals surface area contributed by atoms with Gasteiger partial charge < -0.3 is 14.2 Å². The zero-order valence-electron chi connectivity index (χ0n) is 34.0. The molecule has 10 aromatic carbocycles. The second kappa shape index (κ2) is 14.0. The highest BCUT2D eigenvalue weighted by molar-refractivity contribution is 6.23. The van der Waals surface area contributed by atoms with Gasteiger partial charge >= 0.3 is 0 Å². The zero-order chi connectivity index (χ0) is 41.4. The fourth-order valence-corrected chi connectivity index (χ4v) is 9.74. The van der Waals surface area contributed by atoms with Crippen LogP contribution >= 0.6 is 0 Å². The Labute approximate surface area is 363 Å². The lowest BCUT2D eigenvalue weighted by Gasteiger charge is -2.33. The van der Waals surface area contributed by atoms with E-state index in [2.05, 4.69) is 216 Å². The predicted molar refractivity (Wildman–Crippen MR) is 260 cm³/mol. The van der Waals surface area contributed by atoms with E-state index in [1.54, 1.807) is 0 Å². The molecule has 63 heavy (non-hydrogen) atoms. The monoisotopic (exact) mass is 804 g/mol. The van der Waals surface area contributed by atoms with Crippen LogP contribution in [0.5, 0.6) is 11.5 Å². The molecule has 0 unspecified atom stereocenters. The van der Waals surface area contributed by atoms with Crippen molar-refractivity contribution in [1.29, 1.82) is 0 Å². The van der Waals surface area contributed by atoms with E-state index in [9.17, 15) is 0 Å². The van der Waals surface area contributed by atoms with Crippen molar-refractivity contribution in [3.63, 3.8) is 0 Å². The summed E-state index contributed by atoms with van der Waals surface area (Å²) in [6.45, 7) is 0. The van der Waals surface area contributed by atoms with Gasteiger partial charge in [0.2, 0.25) is 0 Å². The second-order valence-electron chi connectivity index (χ2n) is 16.1. The minimum absolute atomic E-state index is 0.681. The van der Waals surface area contributed by atoms with Gasteiger partial charge in [-0.15, -0.1) is 0 Å². The number of hydrogen-bond acceptors (Lipinski definition) is 4. The molecule has 294 valence electrons. The van der Waals surface area contributed by atoms with Crippen molar-refractivity contribution >= 4 is 71.3 Å². The highest BCUT2D eigenvalue weighted by Gasteiger charge is 2.27.